The van der Waals surface area contributed by atoms with Crippen LogP contribution in [0.25, 0.3) is 11.4 Å². The molecule has 1 aliphatic rings. The number of aromatic nitrogens is 2. The molecule has 3 aromatic rings. The Morgan fingerprint density at radius 3 is 2.68 bits per heavy atom. The third-order valence-electron chi connectivity index (χ3n) is 4.61. The maximum absolute atomic E-state index is 5.62. The van der Waals surface area contributed by atoms with Crippen LogP contribution in [0.2, 0.25) is 0 Å². The summed E-state index contributed by atoms with van der Waals surface area (Å²) in [5.74, 6) is 3.59. The normalized spacial score (nSPS) is 13.9. The molecule has 0 unspecified atom stereocenters. The van der Waals surface area contributed by atoms with Gasteiger partial charge in [-0.2, -0.15) is 0 Å². The Hall–Kier alpha value is -2.96. The summed E-state index contributed by atoms with van der Waals surface area (Å²) >= 11 is 0. The molecule has 25 heavy (non-hydrogen) atoms. The zero-order valence-corrected chi connectivity index (χ0v) is 14.0. The van der Waals surface area contributed by atoms with E-state index in [1.807, 2.05) is 54.7 Å². The second-order valence-electron chi connectivity index (χ2n) is 6.29. The van der Waals surface area contributed by atoms with Gasteiger partial charge in [-0.15, -0.1) is 6.42 Å². The maximum atomic E-state index is 5.62. The topological polar surface area (TPSA) is 29.0 Å². The Morgan fingerprint density at radius 2 is 1.84 bits per heavy atom. The van der Waals surface area contributed by atoms with Crippen LogP contribution in [0.1, 0.15) is 22.4 Å². The van der Waals surface area contributed by atoms with Crippen LogP contribution in [-0.2, 0) is 19.5 Å². The van der Waals surface area contributed by atoms with Gasteiger partial charge < -0.3 is 0 Å². The highest BCUT2D eigenvalue weighted by Gasteiger charge is 2.19. The van der Waals surface area contributed by atoms with Gasteiger partial charge in [-0.25, -0.2) is 9.97 Å². The molecule has 0 bridgehead atoms. The molecule has 122 valence electrons. The molecule has 4 rings (SSSR count). The summed E-state index contributed by atoms with van der Waals surface area (Å²) in [4.78, 5) is 11.8. The molecular formula is C22H19N3. The Labute approximate surface area is 148 Å². The van der Waals surface area contributed by atoms with Gasteiger partial charge in [-0.3, -0.25) is 4.90 Å². The number of hydrogen-bond donors (Lipinski definition) is 0. The Balaban J connectivity index is 1.53. The van der Waals surface area contributed by atoms with Crippen LogP contribution in [-0.4, -0.2) is 21.4 Å². The second kappa shape index (κ2) is 6.88. The van der Waals surface area contributed by atoms with Crippen molar-refractivity contribution in [3.63, 3.8) is 0 Å². The van der Waals surface area contributed by atoms with Crippen LogP contribution in [0, 0.1) is 12.3 Å². The lowest BCUT2D eigenvalue weighted by Gasteiger charge is -2.28. The Morgan fingerprint density at radius 1 is 1.04 bits per heavy atom. The minimum Gasteiger partial charge on any atom is -0.294 e. The summed E-state index contributed by atoms with van der Waals surface area (Å²) in [5.41, 5.74) is 5.62. The molecule has 0 radical (unpaired) electrons. The van der Waals surface area contributed by atoms with Crippen molar-refractivity contribution in [2.45, 2.75) is 19.5 Å². The van der Waals surface area contributed by atoms with Gasteiger partial charge in [0.2, 0.25) is 0 Å². The van der Waals surface area contributed by atoms with Crippen LogP contribution in [0.15, 0.2) is 60.8 Å². The summed E-state index contributed by atoms with van der Waals surface area (Å²) < 4.78 is 0. The van der Waals surface area contributed by atoms with Crippen LogP contribution < -0.4 is 0 Å². The number of terminal acetylenes is 1. The number of benzene rings is 2. The van der Waals surface area contributed by atoms with Gasteiger partial charge in [0.25, 0.3) is 0 Å². The summed E-state index contributed by atoms with van der Waals surface area (Å²) in [6.07, 6.45) is 8.53. The molecule has 0 aliphatic carbocycles. The van der Waals surface area contributed by atoms with Crippen LogP contribution in [0.4, 0.5) is 0 Å². The lowest BCUT2D eigenvalue weighted by atomic mass is 10.0. The van der Waals surface area contributed by atoms with E-state index < -0.39 is 0 Å². The van der Waals surface area contributed by atoms with Gasteiger partial charge >= 0.3 is 0 Å². The SMILES string of the molecule is C#Cc1ccccc1CN1CCc2nc(-c3ccccc3)ncc2C1. The van der Waals surface area contributed by atoms with E-state index in [4.69, 9.17) is 11.4 Å². The molecule has 2 heterocycles. The number of hydrogen-bond acceptors (Lipinski definition) is 3. The van der Waals surface area contributed by atoms with E-state index in [1.54, 1.807) is 0 Å². The molecule has 2 aromatic carbocycles. The standard InChI is InChI=1S/C22H19N3/c1-2-17-8-6-7-11-19(17)15-25-13-12-21-20(16-25)14-23-22(24-21)18-9-4-3-5-10-18/h1,3-11,14H,12-13,15-16H2. The lowest BCUT2D eigenvalue weighted by Crippen LogP contribution is -2.31. The van der Waals surface area contributed by atoms with Gasteiger partial charge in [0.1, 0.15) is 0 Å². The highest BCUT2D eigenvalue weighted by molar-refractivity contribution is 5.54. The molecule has 0 fully saturated rings. The predicted octanol–water partition coefficient (Wildman–Crippen LogP) is 3.68. The molecule has 0 atom stereocenters. The highest BCUT2D eigenvalue weighted by atomic mass is 15.1. The van der Waals surface area contributed by atoms with Gasteiger partial charge in [0.15, 0.2) is 5.82 Å². The molecule has 1 aliphatic heterocycles. The minimum absolute atomic E-state index is 0.811. The Kier molecular flexibility index (Phi) is 4.28. The Bertz CT molecular complexity index is 926. The largest absolute Gasteiger partial charge is 0.294 e. The van der Waals surface area contributed by atoms with Gasteiger partial charge in [-0.1, -0.05) is 54.5 Å². The molecule has 0 spiro atoms. The molecule has 3 nitrogen and oxygen atoms in total. The quantitative estimate of drug-likeness (QED) is 0.688. The van der Waals surface area contributed by atoms with E-state index in [-0.39, 0.29) is 0 Å². The van der Waals surface area contributed by atoms with E-state index >= 15 is 0 Å². The first-order chi connectivity index (χ1) is 12.3. The van der Waals surface area contributed by atoms with Crippen molar-refractivity contribution in [2.75, 3.05) is 6.54 Å². The zero-order chi connectivity index (χ0) is 17.1. The lowest BCUT2D eigenvalue weighted by molar-refractivity contribution is 0.243. The van der Waals surface area contributed by atoms with Gasteiger partial charge in [-0.05, 0) is 11.6 Å². The van der Waals surface area contributed by atoms with E-state index in [9.17, 15) is 0 Å². The zero-order valence-electron chi connectivity index (χ0n) is 14.0. The number of rotatable bonds is 3. The monoisotopic (exact) mass is 325 g/mol. The molecule has 0 amide bonds. The fourth-order valence-electron chi connectivity index (χ4n) is 3.28. The third kappa shape index (κ3) is 3.31. The molecular weight excluding hydrogens is 306 g/mol. The van der Waals surface area contributed by atoms with Crippen molar-refractivity contribution < 1.29 is 0 Å². The van der Waals surface area contributed by atoms with E-state index in [2.05, 4.69) is 21.9 Å². The molecule has 0 saturated heterocycles. The minimum atomic E-state index is 0.811. The van der Waals surface area contributed by atoms with Crippen LogP contribution in [0.5, 0.6) is 0 Å². The second-order valence-corrected chi connectivity index (χ2v) is 6.29. The van der Waals surface area contributed by atoms with E-state index in [0.717, 1.165) is 48.7 Å². The first-order valence-corrected chi connectivity index (χ1v) is 8.50. The summed E-state index contributed by atoms with van der Waals surface area (Å²) in [6.45, 7) is 2.71. The molecule has 3 heteroatoms. The summed E-state index contributed by atoms with van der Waals surface area (Å²) in [7, 11) is 0. The summed E-state index contributed by atoms with van der Waals surface area (Å²) in [6, 6.07) is 18.3. The maximum Gasteiger partial charge on any atom is 0.159 e. The molecule has 0 N–H and O–H groups in total. The smallest absolute Gasteiger partial charge is 0.159 e. The molecule has 0 saturated carbocycles. The first-order valence-electron chi connectivity index (χ1n) is 8.50. The van der Waals surface area contributed by atoms with E-state index in [1.165, 1.54) is 11.1 Å². The average Bonchev–Trinajstić information content (AvgIpc) is 2.68. The fourth-order valence-corrected chi connectivity index (χ4v) is 3.28. The van der Waals surface area contributed by atoms with Gasteiger partial charge in [0.05, 0.1) is 5.69 Å². The predicted molar refractivity (Wildman–Crippen MR) is 99.7 cm³/mol. The summed E-state index contributed by atoms with van der Waals surface area (Å²) in [5, 5.41) is 0. The molecule has 1 aromatic heterocycles. The van der Waals surface area contributed by atoms with Crippen molar-refractivity contribution in [1.82, 2.24) is 14.9 Å². The van der Waals surface area contributed by atoms with E-state index in [0.29, 0.717) is 0 Å². The fraction of sp³-hybridized carbons (Fsp3) is 0.182. The average molecular weight is 325 g/mol. The van der Waals surface area contributed by atoms with Crippen molar-refractivity contribution in [2.24, 2.45) is 0 Å². The highest BCUT2D eigenvalue weighted by Crippen LogP contribution is 2.22. The first kappa shape index (κ1) is 15.6. The van der Waals surface area contributed by atoms with Crippen LogP contribution in [0.3, 0.4) is 0 Å². The number of nitrogens with zero attached hydrogens (tertiary/aromatic N) is 3. The van der Waals surface area contributed by atoms with Crippen molar-refractivity contribution in [3.05, 3.63) is 83.2 Å². The van der Waals surface area contributed by atoms with Crippen LogP contribution >= 0.6 is 0 Å². The van der Waals surface area contributed by atoms with Crippen molar-refractivity contribution in [1.29, 1.82) is 0 Å². The number of fused-ring (bicyclic) bond motifs is 1. The van der Waals surface area contributed by atoms with Gasteiger partial charge in [0, 0.05) is 48.9 Å². The van der Waals surface area contributed by atoms with Crippen molar-refractivity contribution in [3.8, 4) is 23.7 Å². The van der Waals surface area contributed by atoms with Crippen molar-refractivity contribution >= 4 is 0 Å². The third-order valence-corrected chi connectivity index (χ3v) is 4.61.